The van der Waals surface area contributed by atoms with Crippen LogP contribution in [-0.4, -0.2) is 23.0 Å². The first-order valence-electron chi connectivity index (χ1n) is 6.77. The molecule has 0 radical (unpaired) electrons. The largest absolute Gasteiger partial charge is 0.362 e. The first-order valence-corrected chi connectivity index (χ1v) is 7.65. The Hall–Kier alpha value is -0.180. The molecule has 2 nitrogen and oxygen atoms in total. The summed E-state index contributed by atoms with van der Waals surface area (Å²) in [4.78, 5) is 4.57. The van der Waals surface area contributed by atoms with Gasteiger partial charge in [-0.1, -0.05) is 44.9 Å². The van der Waals surface area contributed by atoms with E-state index in [0.29, 0.717) is 11.3 Å². The van der Waals surface area contributed by atoms with Gasteiger partial charge in [0.05, 0.1) is 6.54 Å². The van der Waals surface area contributed by atoms with Crippen molar-refractivity contribution < 1.29 is 0 Å². The molecule has 3 heteroatoms. The Morgan fingerprint density at radius 2 is 2.12 bits per heavy atom. The molecule has 0 bridgehead atoms. The summed E-state index contributed by atoms with van der Waals surface area (Å²) in [5, 5.41) is 5.55. The number of nitrogens with one attached hydrogen (secondary N) is 1. The molecule has 1 aliphatic carbocycles. The minimum atomic E-state index is 0.664. The van der Waals surface area contributed by atoms with Gasteiger partial charge >= 0.3 is 0 Å². The number of hydrogen-bond donors (Lipinski definition) is 1. The molecule has 2 unspecified atom stereocenters. The van der Waals surface area contributed by atoms with Crippen LogP contribution < -0.4 is 5.32 Å². The third-order valence-corrected chi connectivity index (χ3v) is 4.79. The van der Waals surface area contributed by atoms with Gasteiger partial charge in [-0.25, -0.2) is 0 Å². The lowest BCUT2D eigenvalue weighted by molar-refractivity contribution is 0.284. The zero-order chi connectivity index (χ0) is 11.4. The maximum atomic E-state index is 4.57. The van der Waals surface area contributed by atoms with E-state index in [4.69, 9.17) is 0 Å². The van der Waals surface area contributed by atoms with Crippen LogP contribution in [0.25, 0.3) is 0 Å². The third kappa shape index (κ3) is 3.16. The van der Waals surface area contributed by atoms with Crippen molar-refractivity contribution in [2.45, 2.75) is 63.7 Å². The van der Waals surface area contributed by atoms with E-state index in [1.807, 2.05) is 11.8 Å². The maximum Gasteiger partial charge on any atom is 0.157 e. The molecular formula is C13H24N2S. The number of thioether (sulfide) groups is 1. The minimum Gasteiger partial charge on any atom is -0.362 e. The SMILES string of the molecule is CCC(NC1=NCC(C)S1)C1CCCCC1. The van der Waals surface area contributed by atoms with Gasteiger partial charge < -0.3 is 5.32 Å². The molecule has 1 fully saturated rings. The first kappa shape index (κ1) is 12.3. The van der Waals surface area contributed by atoms with E-state index in [2.05, 4.69) is 24.2 Å². The summed E-state index contributed by atoms with van der Waals surface area (Å²) in [6.45, 7) is 5.55. The van der Waals surface area contributed by atoms with Crippen molar-refractivity contribution in [2.24, 2.45) is 10.9 Å². The lowest BCUT2D eigenvalue weighted by atomic mass is 9.83. The highest BCUT2D eigenvalue weighted by Gasteiger charge is 2.25. The van der Waals surface area contributed by atoms with Gasteiger partial charge in [0, 0.05) is 11.3 Å². The third-order valence-electron chi connectivity index (χ3n) is 3.77. The van der Waals surface area contributed by atoms with Gasteiger partial charge in [0.1, 0.15) is 0 Å². The van der Waals surface area contributed by atoms with Crippen LogP contribution in [0.5, 0.6) is 0 Å². The van der Waals surface area contributed by atoms with E-state index in [1.165, 1.54) is 43.7 Å². The Bertz CT molecular complexity index is 246. The summed E-state index contributed by atoms with van der Waals surface area (Å²) in [7, 11) is 0. The van der Waals surface area contributed by atoms with E-state index in [1.54, 1.807) is 0 Å². The van der Waals surface area contributed by atoms with Crippen molar-refractivity contribution in [2.75, 3.05) is 6.54 Å². The molecule has 92 valence electrons. The van der Waals surface area contributed by atoms with E-state index in [0.717, 1.165) is 12.5 Å². The molecule has 0 aromatic heterocycles. The summed E-state index contributed by atoms with van der Waals surface area (Å²) in [6.07, 6.45) is 8.37. The second-order valence-electron chi connectivity index (χ2n) is 5.13. The summed E-state index contributed by atoms with van der Waals surface area (Å²) < 4.78 is 0. The van der Waals surface area contributed by atoms with Crippen molar-refractivity contribution in [1.82, 2.24) is 5.32 Å². The predicted octanol–water partition coefficient (Wildman–Crippen LogP) is 3.43. The maximum absolute atomic E-state index is 4.57. The van der Waals surface area contributed by atoms with Crippen LogP contribution in [-0.2, 0) is 0 Å². The zero-order valence-electron chi connectivity index (χ0n) is 10.5. The van der Waals surface area contributed by atoms with Gasteiger partial charge in [-0.05, 0) is 25.2 Å². The predicted molar refractivity (Wildman–Crippen MR) is 73.1 cm³/mol. The highest BCUT2D eigenvalue weighted by atomic mass is 32.2. The normalized spacial score (nSPS) is 28.9. The summed E-state index contributed by atoms with van der Waals surface area (Å²) in [6, 6.07) is 0.664. The standard InChI is InChI=1S/C13H24N2S/c1-3-12(11-7-5-4-6-8-11)15-13-14-9-10(2)16-13/h10-12H,3-9H2,1-2H3,(H,14,15). The van der Waals surface area contributed by atoms with E-state index >= 15 is 0 Å². The molecule has 16 heavy (non-hydrogen) atoms. The van der Waals surface area contributed by atoms with Crippen LogP contribution in [0.2, 0.25) is 0 Å². The molecule has 0 aromatic rings. The number of rotatable bonds is 3. The Kier molecular flexibility index (Phi) is 4.56. The molecule has 2 atom stereocenters. The number of amidine groups is 1. The molecule has 1 saturated carbocycles. The average Bonchev–Trinajstić information content (AvgIpc) is 2.73. The monoisotopic (exact) mass is 240 g/mol. The van der Waals surface area contributed by atoms with Crippen LogP contribution >= 0.6 is 11.8 Å². The van der Waals surface area contributed by atoms with E-state index in [-0.39, 0.29) is 0 Å². The lowest BCUT2D eigenvalue weighted by Crippen LogP contribution is -2.39. The molecular weight excluding hydrogens is 216 g/mol. The molecule has 0 spiro atoms. The highest BCUT2D eigenvalue weighted by molar-refractivity contribution is 8.14. The topological polar surface area (TPSA) is 24.4 Å². The fourth-order valence-corrected chi connectivity index (χ4v) is 3.70. The van der Waals surface area contributed by atoms with E-state index < -0.39 is 0 Å². The Morgan fingerprint density at radius 3 is 2.69 bits per heavy atom. The van der Waals surface area contributed by atoms with Crippen LogP contribution in [0.1, 0.15) is 52.4 Å². The smallest absolute Gasteiger partial charge is 0.157 e. The van der Waals surface area contributed by atoms with E-state index in [9.17, 15) is 0 Å². The molecule has 2 rings (SSSR count). The lowest BCUT2D eigenvalue weighted by Gasteiger charge is -2.30. The first-order chi connectivity index (χ1) is 7.79. The molecule has 0 aromatic carbocycles. The zero-order valence-corrected chi connectivity index (χ0v) is 11.4. The van der Waals surface area contributed by atoms with Crippen molar-refractivity contribution in [3.8, 4) is 0 Å². The van der Waals surface area contributed by atoms with Crippen LogP contribution in [0.3, 0.4) is 0 Å². The van der Waals surface area contributed by atoms with Gasteiger partial charge in [0.15, 0.2) is 5.17 Å². The molecule has 1 N–H and O–H groups in total. The number of hydrogen-bond acceptors (Lipinski definition) is 3. The Balaban J connectivity index is 1.84. The fraction of sp³-hybridized carbons (Fsp3) is 0.923. The van der Waals surface area contributed by atoms with Gasteiger partial charge in [-0.15, -0.1) is 0 Å². The van der Waals surface area contributed by atoms with Crippen molar-refractivity contribution in [1.29, 1.82) is 0 Å². The Labute approximate surface area is 104 Å². The minimum absolute atomic E-state index is 0.664. The second-order valence-corrected chi connectivity index (χ2v) is 6.56. The molecule has 0 amide bonds. The van der Waals surface area contributed by atoms with Crippen molar-refractivity contribution in [3.63, 3.8) is 0 Å². The van der Waals surface area contributed by atoms with Crippen LogP contribution in [0.15, 0.2) is 4.99 Å². The van der Waals surface area contributed by atoms with Crippen molar-refractivity contribution in [3.05, 3.63) is 0 Å². The number of aliphatic imine (C=N–C) groups is 1. The fourth-order valence-electron chi connectivity index (χ4n) is 2.80. The highest BCUT2D eigenvalue weighted by Crippen LogP contribution is 2.29. The second kappa shape index (κ2) is 5.95. The summed E-state index contributed by atoms with van der Waals surface area (Å²) in [5.74, 6) is 0.887. The van der Waals surface area contributed by atoms with Gasteiger partial charge in [0.2, 0.25) is 0 Å². The number of nitrogens with zero attached hydrogens (tertiary/aromatic N) is 1. The molecule has 1 aliphatic heterocycles. The van der Waals surface area contributed by atoms with Gasteiger partial charge in [-0.2, -0.15) is 0 Å². The average molecular weight is 240 g/mol. The molecule has 0 saturated heterocycles. The van der Waals surface area contributed by atoms with Crippen molar-refractivity contribution >= 4 is 16.9 Å². The van der Waals surface area contributed by atoms with Gasteiger partial charge in [-0.3, -0.25) is 4.99 Å². The van der Waals surface area contributed by atoms with Gasteiger partial charge in [0.25, 0.3) is 0 Å². The quantitative estimate of drug-likeness (QED) is 0.817. The summed E-state index contributed by atoms with van der Waals surface area (Å²) >= 11 is 1.91. The van der Waals surface area contributed by atoms with Crippen LogP contribution in [0, 0.1) is 5.92 Å². The Morgan fingerprint density at radius 1 is 1.38 bits per heavy atom. The molecule has 2 aliphatic rings. The summed E-state index contributed by atoms with van der Waals surface area (Å²) in [5.41, 5.74) is 0. The molecule has 1 heterocycles. The van der Waals surface area contributed by atoms with Crippen LogP contribution in [0.4, 0.5) is 0 Å².